The van der Waals surface area contributed by atoms with Gasteiger partial charge in [0.25, 0.3) is 23.2 Å². The number of non-ortho nitro benzene ring substituents is 2. The van der Waals surface area contributed by atoms with E-state index in [0.717, 1.165) is 20.9 Å². The Balaban J connectivity index is 0.850. The average molecular weight is 843 g/mol. The van der Waals surface area contributed by atoms with Gasteiger partial charge < -0.3 is 0 Å². The van der Waals surface area contributed by atoms with E-state index in [4.69, 9.17) is 9.68 Å². The van der Waals surface area contributed by atoms with Crippen molar-refractivity contribution in [2.75, 3.05) is 19.9 Å². The van der Waals surface area contributed by atoms with E-state index in [-0.39, 0.29) is 11.4 Å². The zero-order valence-corrected chi connectivity index (χ0v) is 32.9. The topological polar surface area (TPSA) is 186 Å². The molecule has 6 aromatic carbocycles. The molecule has 4 aliphatic heterocycles. The van der Waals surface area contributed by atoms with Crippen molar-refractivity contribution in [1.82, 2.24) is 0 Å². The van der Waals surface area contributed by atoms with Gasteiger partial charge in [-0.05, 0) is 77.2 Å². The third-order valence-electron chi connectivity index (χ3n) is 11.9. The number of amides is 4. The number of hydrogen-bond acceptors (Lipinski definition) is 12. The zero-order valence-electron chi connectivity index (χ0n) is 32.9. The number of hydrogen-bond donors (Lipinski definition) is 0. The lowest BCUT2D eigenvalue weighted by atomic mass is 9.90. The van der Waals surface area contributed by atoms with Gasteiger partial charge in [0.1, 0.15) is 11.8 Å². The van der Waals surface area contributed by atoms with Gasteiger partial charge in [0.15, 0.2) is 12.2 Å². The molecule has 16 nitrogen and oxygen atoms in total. The first-order chi connectivity index (χ1) is 30.6. The van der Waals surface area contributed by atoms with Crippen molar-refractivity contribution < 1.29 is 38.7 Å². The number of fused-ring (bicyclic) bond motifs is 2. The fourth-order valence-corrected chi connectivity index (χ4v) is 8.96. The number of nitrogens with zero attached hydrogens (tertiary/aromatic N) is 6. The quantitative estimate of drug-likeness (QED) is 0.0769. The number of anilines is 4. The lowest BCUT2D eigenvalue weighted by Crippen LogP contribution is -2.37. The van der Waals surface area contributed by atoms with E-state index in [1.807, 2.05) is 60.7 Å². The second-order valence-corrected chi connectivity index (χ2v) is 15.5. The summed E-state index contributed by atoms with van der Waals surface area (Å²) in [4.78, 5) is 92.6. The van der Waals surface area contributed by atoms with Crippen LogP contribution in [0.5, 0.6) is 0 Å². The van der Waals surface area contributed by atoms with Crippen molar-refractivity contribution in [1.29, 1.82) is 0 Å². The van der Waals surface area contributed by atoms with Crippen molar-refractivity contribution in [3.63, 3.8) is 0 Å². The Morgan fingerprint density at radius 1 is 0.429 bits per heavy atom. The molecule has 4 aliphatic rings. The van der Waals surface area contributed by atoms with Gasteiger partial charge in [-0.25, -0.2) is 19.9 Å². The maximum atomic E-state index is 14.2. The molecule has 0 saturated carbocycles. The molecule has 0 N–H and O–H groups in total. The highest BCUT2D eigenvalue weighted by molar-refractivity contribution is 6.24. The molecule has 16 heteroatoms. The van der Waals surface area contributed by atoms with Crippen molar-refractivity contribution in [2.45, 2.75) is 30.7 Å². The second-order valence-electron chi connectivity index (χ2n) is 15.5. The van der Waals surface area contributed by atoms with E-state index in [0.29, 0.717) is 40.3 Å². The van der Waals surface area contributed by atoms with Crippen molar-refractivity contribution in [3.8, 4) is 0 Å². The number of nitro benzene ring substituents is 2. The van der Waals surface area contributed by atoms with Gasteiger partial charge in [0.05, 0.1) is 44.7 Å². The van der Waals surface area contributed by atoms with E-state index >= 15 is 0 Å². The number of rotatable bonds is 10. The summed E-state index contributed by atoms with van der Waals surface area (Å²) < 4.78 is 0. The van der Waals surface area contributed by atoms with Crippen LogP contribution in [0.2, 0.25) is 0 Å². The third kappa shape index (κ3) is 6.64. The lowest BCUT2D eigenvalue weighted by Gasteiger charge is -2.28. The van der Waals surface area contributed by atoms with Crippen LogP contribution in [0, 0.1) is 32.1 Å². The van der Waals surface area contributed by atoms with Crippen molar-refractivity contribution in [2.24, 2.45) is 11.8 Å². The molecule has 312 valence electrons. The maximum Gasteiger partial charge on any atom is 0.269 e. The van der Waals surface area contributed by atoms with Gasteiger partial charge in [0, 0.05) is 24.3 Å². The van der Waals surface area contributed by atoms with Gasteiger partial charge in [0.2, 0.25) is 11.8 Å². The van der Waals surface area contributed by atoms with Crippen LogP contribution >= 0.6 is 0 Å². The van der Waals surface area contributed by atoms with E-state index < -0.39 is 69.6 Å². The molecular formula is C47H34N6O10. The Kier molecular flexibility index (Phi) is 9.57. The number of imide groups is 2. The molecule has 6 aromatic rings. The summed E-state index contributed by atoms with van der Waals surface area (Å²) in [5, 5.41) is 25.8. The van der Waals surface area contributed by atoms with Crippen molar-refractivity contribution >= 4 is 57.8 Å². The molecule has 4 amide bonds. The standard InChI is InChI=1S/C47H34N6O10/c54-44-38-40(30-15-23-36(24-16-30)52(58)59)50(34-7-3-1-4-8-34)62-42(38)46(56)48(44)32-19-11-28(12-20-32)27-29-13-21-33(22-14-29)49-45(55)39-41(31-17-25-37(26-18-31)53(60)61)51(63-43(39)47(49)57)35-9-5-2-6-10-35/h1-26,38-43H,27H2/t38-,39+,40?,41?,42+,43-. The summed E-state index contributed by atoms with van der Waals surface area (Å²) >= 11 is 0. The predicted molar refractivity (Wildman–Crippen MR) is 227 cm³/mol. The van der Waals surface area contributed by atoms with Gasteiger partial charge in [-0.2, -0.15) is 0 Å². The van der Waals surface area contributed by atoms with E-state index in [2.05, 4.69) is 0 Å². The highest BCUT2D eigenvalue weighted by Gasteiger charge is 2.61. The molecule has 0 spiro atoms. The Hall–Kier alpha value is -8.08. The van der Waals surface area contributed by atoms with Gasteiger partial charge >= 0.3 is 0 Å². The Morgan fingerprint density at radius 3 is 1.11 bits per heavy atom. The maximum absolute atomic E-state index is 14.2. The number of carbonyl (C=O) groups excluding carboxylic acids is 4. The molecule has 2 unspecified atom stereocenters. The van der Waals surface area contributed by atoms with E-state index in [9.17, 15) is 39.4 Å². The van der Waals surface area contributed by atoms with Crippen LogP contribution in [0.3, 0.4) is 0 Å². The normalized spacial score (nSPS) is 22.8. The molecule has 63 heavy (non-hydrogen) atoms. The fraction of sp³-hybridized carbons (Fsp3) is 0.149. The van der Waals surface area contributed by atoms with Crippen LogP contribution in [0.15, 0.2) is 158 Å². The molecule has 0 radical (unpaired) electrons. The third-order valence-corrected chi connectivity index (χ3v) is 11.9. The summed E-state index contributed by atoms with van der Waals surface area (Å²) in [5.41, 5.74) is 4.67. The SMILES string of the molecule is O=C1[C@H]2ON(c3ccccc3)C(c3ccc([N+](=O)[O-])cc3)[C@H]2C(=O)N1c1ccc(Cc2ccc(N3C(=O)[C@@H]4ON(c5ccccc5)C(c5ccc([N+](=O)[O-])cc5)[C@@H]4C3=O)cc2)cc1. The minimum Gasteiger partial charge on any atom is -0.273 e. The number of para-hydroxylation sites is 2. The number of nitro groups is 2. The fourth-order valence-electron chi connectivity index (χ4n) is 8.96. The van der Waals surface area contributed by atoms with Crippen LogP contribution in [0.1, 0.15) is 34.3 Å². The largest absolute Gasteiger partial charge is 0.273 e. The summed E-state index contributed by atoms with van der Waals surface area (Å²) in [6.07, 6.45) is -1.78. The summed E-state index contributed by atoms with van der Waals surface area (Å²) in [7, 11) is 0. The summed E-state index contributed by atoms with van der Waals surface area (Å²) in [6, 6.07) is 42.4. The second kappa shape index (κ2) is 15.4. The molecule has 10 rings (SSSR count). The molecule has 4 saturated heterocycles. The minimum atomic E-state index is -1.12. The summed E-state index contributed by atoms with van der Waals surface area (Å²) in [5.74, 6) is -3.80. The van der Waals surface area contributed by atoms with E-state index in [1.165, 1.54) is 34.4 Å². The monoisotopic (exact) mass is 842 g/mol. The van der Waals surface area contributed by atoms with Gasteiger partial charge in [-0.1, -0.05) is 84.9 Å². The van der Waals surface area contributed by atoms with Crippen LogP contribution in [-0.4, -0.2) is 45.7 Å². The highest BCUT2D eigenvalue weighted by atomic mass is 16.7. The smallest absolute Gasteiger partial charge is 0.269 e. The van der Waals surface area contributed by atoms with Crippen LogP contribution in [-0.2, 0) is 35.3 Å². The summed E-state index contributed by atoms with van der Waals surface area (Å²) in [6.45, 7) is 0. The number of carbonyl (C=O) groups is 4. The van der Waals surface area contributed by atoms with Gasteiger partial charge in [-0.3, -0.25) is 49.1 Å². The zero-order chi connectivity index (χ0) is 43.5. The molecule has 0 aliphatic carbocycles. The first-order valence-corrected chi connectivity index (χ1v) is 20.0. The molecule has 0 aromatic heterocycles. The van der Waals surface area contributed by atoms with E-state index in [1.54, 1.807) is 72.8 Å². The lowest BCUT2D eigenvalue weighted by molar-refractivity contribution is -0.385. The first-order valence-electron chi connectivity index (χ1n) is 20.0. The number of hydroxylamine groups is 2. The highest BCUT2D eigenvalue weighted by Crippen LogP contribution is 2.49. The number of benzene rings is 6. The molecule has 4 fully saturated rings. The molecular weight excluding hydrogens is 809 g/mol. The van der Waals surface area contributed by atoms with Gasteiger partial charge in [-0.15, -0.1) is 0 Å². The molecule has 0 bridgehead atoms. The molecule has 6 atom stereocenters. The molecule has 4 heterocycles. The Morgan fingerprint density at radius 2 is 0.778 bits per heavy atom. The van der Waals surface area contributed by atoms with Crippen LogP contribution < -0.4 is 19.9 Å². The van der Waals surface area contributed by atoms with Crippen molar-refractivity contribution in [3.05, 3.63) is 200 Å². The first kappa shape index (κ1) is 39.1. The van der Waals surface area contributed by atoms with Crippen LogP contribution in [0.4, 0.5) is 34.1 Å². The minimum absolute atomic E-state index is 0.103. The Labute approximate surface area is 358 Å². The Bertz CT molecular complexity index is 2600. The van der Waals surface area contributed by atoms with Crippen LogP contribution in [0.25, 0.3) is 0 Å². The predicted octanol–water partition coefficient (Wildman–Crippen LogP) is 7.20. The average Bonchev–Trinajstić information content (AvgIpc) is 4.03.